The van der Waals surface area contributed by atoms with E-state index in [9.17, 15) is 4.79 Å². The van der Waals surface area contributed by atoms with E-state index >= 15 is 0 Å². The summed E-state index contributed by atoms with van der Waals surface area (Å²) in [5.41, 5.74) is 1.23. The Kier molecular flexibility index (Phi) is 10.8. The number of halogens is 1. The summed E-state index contributed by atoms with van der Waals surface area (Å²) in [5, 5.41) is 0. The standard InChI is InChI=1S/C20H30O5.ClH/c1-15-13-23-14-18(12-17-8-5-4-6-9-17)19(16(2)25-20(15)21)24-11-7-10-22-3;/h4-6,8-9,15-16,18-19H,7,10-14H2,1-3H3;1H/p-1/t15-,16-,18-,19-;/m0./s1. The lowest BCUT2D eigenvalue weighted by atomic mass is 9.91. The molecule has 0 N–H and O–H groups in total. The van der Waals surface area contributed by atoms with Gasteiger partial charge in [-0.1, -0.05) is 30.3 Å². The van der Waals surface area contributed by atoms with E-state index in [-0.39, 0.29) is 42.4 Å². The fourth-order valence-corrected chi connectivity index (χ4v) is 3.09. The van der Waals surface area contributed by atoms with Crippen LogP contribution in [0.2, 0.25) is 0 Å². The van der Waals surface area contributed by atoms with Gasteiger partial charge in [-0.2, -0.15) is 0 Å². The van der Waals surface area contributed by atoms with E-state index < -0.39 is 0 Å². The first-order valence-corrected chi connectivity index (χ1v) is 9.04. The molecule has 5 nitrogen and oxygen atoms in total. The van der Waals surface area contributed by atoms with Crippen molar-refractivity contribution >= 4 is 5.97 Å². The molecule has 1 heterocycles. The number of hydrogen-bond acceptors (Lipinski definition) is 5. The molecular weight excluding hydrogens is 356 g/mol. The molecule has 2 rings (SSSR count). The Morgan fingerprint density at radius 2 is 1.85 bits per heavy atom. The first kappa shape index (κ1) is 22.9. The lowest BCUT2D eigenvalue weighted by Gasteiger charge is -2.31. The molecule has 0 spiro atoms. The van der Waals surface area contributed by atoms with Gasteiger partial charge in [0.1, 0.15) is 6.10 Å². The molecule has 0 radical (unpaired) electrons. The molecule has 1 aliphatic rings. The second-order valence-electron chi connectivity index (χ2n) is 6.71. The summed E-state index contributed by atoms with van der Waals surface area (Å²) < 4.78 is 22.7. The number of esters is 1. The summed E-state index contributed by atoms with van der Waals surface area (Å²) in [5.74, 6) is -0.358. The van der Waals surface area contributed by atoms with Gasteiger partial charge in [0.15, 0.2) is 0 Å². The fourth-order valence-electron chi connectivity index (χ4n) is 3.09. The third-order valence-electron chi connectivity index (χ3n) is 4.48. The predicted molar refractivity (Wildman–Crippen MR) is 95.4 cm³/mol. The van der Waals surface area contributed by atoms with Crippen molar-refractivity contribution < 1.29 is 36.1 Å². The number of methoxy groups -OCH3 is 1. The number of rotatable bonds is 7. The number of benzene rings is 1. The zero-order valence-corrected chi connectivity index (χ0v) is 16.6. The summed E-state index contributed by atoms with van der Waals surface area (Å²) in [7, 11) is 1.68. The molecule has 0 unspecified atom stereocenters. The van der Waals surface area contributed by atoms with Gasteiger partial charge in [-0.05, 0) is 32.3 Å². The molecule has 0 aliphatic carbocycles. The minimum atomic E-state index is -0.312. The molecule has 0 aromatic heterocycles. The van der Waals surface area contributed by atoms with Crippen molar-refractivity contribution in [1.82, 2.24) is 0 Å². The van der Waals surface area contributed by atoms with Gasteiger partial charge in [0, 0.05) is 26.2 Å². The smallest absolute Gasteiger partial charge is 0.311 e. The van der Waals surface area contributed by atoms with Crippen molar-refractivity contribution in [2.75, 3.05) is 33.5 Å². The fraction of sp³-hybridized carbons (Fsp3) is 0.650. The second kappa shape index (κ2) is 12.3. The third-order valence-corrected chi connectivity index (χ3v) is 4.48. The Hall–Kier alpha value is -1.14. The lowest BCUT2D eigenvalue weighted by Crippen LogP contribution is -3.00. The molecular formula is C20H30ClO5-. The van der Waals surface area contributed by atoms with Crippen molar-refractivity contribution in [2.45, 2.75) is 38.9 Å². The molecule has 0 amide bonds. The summed E-state index contributed by atoms with van der Waals surface area (Å²) in [4.78, 5) is 12.1. The van der Waals surface area contributed by atoms with Crippen LogP contribution in [0.5, 0.6) is 0 Å². The normalized spacial score (nSPS) is 26.8. The maximum absolute atomic E-state index is 12.1. The Morgan fingerprint density at radius 1 is 1.12 bits per heavy atom. The minimum absolute atomic E-state index is 0. The molecule has 148 valence electrons. The molecule has 6 heteroatoms. The highest BCUT2D eigenvalue weighted by molar-refractivity contribution is 5.72. The van der Waals surface area contributed by atoms with Crippen LogP contribution in [0.1, 0.15) is 25.8 Å². The molecule has 26 heavy (non-hydrogen) atoms. The number of carbonyl (C=O) groups excluding carboxylic acids is 1. The van der Waals surface area contributed by atoms with Crippen molar-refractivity contribution in [1.29, 1.82) is 0 Å². The monoisotopic (exact) mass is 385 g/mol. The van der Waals surface area contributed by atoms with Crippen LogP contribution in [0.15, 0.2) is 30.3 Å². The van der Waals surface area contributed by atoms with Crippen LogP contribution in [-0.4, -0.2) is 51.7 Å². The first-order chi connectivity index (χ1) is 12.1. The van der Waals surface area contributed by atoms with E-state index in [1.807, 2.05) is 32.0 Å². The maximum atomic E-state index is 12.1. The van der Waals surface area contributed by atoms with Crippen molar-refractivity contribution in [2.24, 2.45) is 11.8 Å². The first-order valence-electron chi connectivity index (χ1n) is 9.04. The van der Waals surface area contributed by atoms with E-state index in [0.717, 1.165) is 12.8 Å². The van der Waals surface area contributed by atoms with Crippen molar-refractivity contribution in [3.8, 4) is 0 Å². The maximum Gasteiger partial charge on any atom is 0.311 e. The Bertz CT molecular complexity index is 510. The average molecular weight is 386 g/mol. The van der Waals surface area contributed by atoms with Crippen LogP contribution in [0.4, 0.5) is 0 Å². The molecule has 1 aromatic rings. The van der Waals surface area contributed by atoms with Gasteiger partial charge in [-0.15, -0.1) is 0 Å². The highest BCUT2D eigenvalue weighted by atomic mass is 35.5. The van der Waals surface area contributed by atoms with Crippen molar-refractivity contribution in [3.05, 3.63) is 35.9 Å². The van der Waals surface area contributed by atoms with Crippen LogP contribution in [0, 0.1) is 11.8 Å². The van der Waals surface area contributed by atoms with Gasteiger partial charge in [-0.25, -0.2) is 0 Å². The van der Waals surface area contributed by atoms with Crippen LogP contribution in [0.25, 0.3) is 0 Å². The van der Waals surface area contributed by atoms with Gasteiger partial charge in [0.2, 0.25) is 0 Å². The highest BCUT2D eigenvalue weighted by Gasteiger charge is 2.33. The van der Waals surface area contributed by atoms with Gasteiger partial charge in [0.05, 0.1) is 25.2 Å². The van der Waals surface area contributed by atoms with Crippen LogP contribution in [0.3, 0.4) is 0 Å². The third kappa shape index (κ3) is 7.23. The minimum Gasteiger partial charge on any atom is -1.00 e. The topological polar surface area (TPSA) is 54.0 Å². The average Bonchev–Trinajstić information content (AvgIpc) is 2.65. The number of cyclic esters (lactones) is 1. The Balaban J connectivity index is 0.00000338. The molecule has 0 bridgehead atoms. The number of carbonyl (C=O) groups is 1. The van der Waals surface area contributed by atoms with Gasteiger partial charge < -0.3 is 31.4 Å². The zero-order chi connectivity index (χ0) is 18.1. The zero-order valence-electron chi connectivity index (χ0n) is 15.9. The highest BCUT2D eigenvalue weighted by Crippen LogP contribution is 2.23. The summed E-state index contributed by atoms with van der Waals surface area (Å²) >= 11 is 0. The van der Waals surface area contributed by atoms with E-state index in [2.05, 4.69) is 12.1 Å². The molecule has 1 aromatic carbocycles. The van der Waals surface area contributed by atoms with Crippen LogP contribution >= 0.6 is 0 Å². The van der Waals surface area contributed by atoms with Gasteiger partial charge in [0.25, 0.3) is 0 Å². The van der Waals surface area contributed by atoms with E-state index in [0.29, 0.717) is 26.4 Å². The summed E-state index contributed by atoms with van der Waals surface area (Å²) in [6.45, 7) is 5.90. The van der Waals surface area contributed by atoms with Gasteiger partial charge >= 0.3 is 5.97 Å². The largest absolute Gasteiger partial charge is 1.00 e. The molecule has 0 saturated carbocycles. The van der Waals surface area contributed by atoms with Gasteiger partial charge in [-0.3, -0.25) is 4.79 Å². The summed E-state index contributed by atoms with van der Waals surface area (Å²) in [6.07, 6.45) is 1.12. The Labute approximate surface area is 162 Å². The molecule has 1 aliphatic heterocycles. The quantitative estimate of drug-likeness (QED) is 0.483. The molecule has 4 atom stereocenters. The number of ether oxygens (including phenoxy) is 4. The van der Waals surface area contributed by atoms with E-state index in [1.165, 1.54) is 5.56 Å². The summed E-state index contributed by atoms with van der Waals surface area (Å²) in [6, 6.07) is 10.3. The number of hydrogen-bond donors (Lipinski definition) is 0. The van der Waals surface area contributed by atoms with Crippen LogP contribution < -0.4 is 12.4 Å². The molecule has 1 saturated heterocycles. The predicted octanol–water partition coefficient (Wildman–Crippen LogP) is -0.131. The van der Waals surface area contributed by atoms with Crippen molar-refractivity contribution in [3.63, 3.8) is 0 Å². The lowest BCUT2D eigenvalue weighted by molar-refractivity contribution is -0.162. The second-order valence-corrected chi connectivity index (χ2v) is 6.71. The molecule has 1 fully saturated rings. The van der Waals surface area contributed by atoms with E-state index in [4.69, 9.17) is 18.9 Å². The van der Waals surface area contributed by atoms with E-state index in [1.54, 1.807) is 7.11 Å². The Morgan fingerprint density at radius 3 is 2.54 bits per heavy atom. The van der Waals surface area contributed by atoms with Crippen LogP contribution in [-0.2, 0) is 30.2 Å². The SMILES string of the molecule is COCCCO[C@@H]1[C@@H](Cc2ccccc2)COC[C@H](C)C(=O)O[C@H]1C.[Cl-].